The zero-order chi connectivity index (χ0) is 9.68. The molecule has 0 aliphatic carbocycles. The van der Waals surface area contributed by atoms with E-state index in [0.717, 1.165) is 0 Å². The zero-order valence-corrected chi connectivity index (χ0v) is 7.82. The molecule has 1 aromatic rings. The van der Waals surface area contributed by atoms with Gasteiger partial charge in [-0.2, -0.15) is 0 Å². The quantitative estimate of drug-likeness (QED) is 0.418. The second-order valence-electron chi connectivity index (χ2n) is 2.33. The van der Waals surface area contributed by atoms with Gasteiger partial charge in [0.1, 0.15) is 5.75 Å². The van der Waals surface area contributed by atoms with Crippen LogP contribution in [0.15, 0.2) is 30.3 Å². The summed E-state index contributed by atoms with van der Waals surface area (Å²) in [7, 11) is 0. The number of benzene rings is 1. The van der Waals surface area contributed by atoms with Crippen LogP contribution in [0.2, 0.25) is 0 Å². The third-order valence-corrected chi connectivity index (χ3v) is 1.29. The highest BCUT2D eigenvalue weighted by Crippen LogP contribution is 2.10. The van der Waals surface area contributed by atoms with Crippen molar-refractivity contribution >= 4 is 17.8 Å². The summed E-state index contributed by atoms with van der Waals surface area (Å²) >= 11 is 5.42. The Bertz CT molecular complexity index is 271. The van der Waals surface area contributed by atoms with E-state index < -0.39 is 11.7 Å². The van der Waals surface area contributed by atoms with Gasteiger partial charge in [0.15, 0.2) is 5.56 Å². The van der Waals surface area contributed by atoms with Crippen LogP contribution in [0.4, 0.5) is 4.79 Å². The Morgan fingerprint density at radius 3 is 2.54 bits per heavy atom. The van der Waals surface area contributed by atoms with E-state index in [0.29, 0.717) is 5.75 Å². The van der Waals surface area contributed by atoms with Gasteiger partial charge in [0.25, 0.3) is 0 Å². The Morgan fingerprint density at radius 2 is 2.00 bits per heavy atom. The van der Waals surface area contributed by atoms with Gasteiger partial charge in [-0.05, 0) is 19.1 Å². The molecule has 0 heterocycles. The molecule has 0 unspecified atom stereocenters. The van der Waals surface area contributed by atoms with Crippen molar-refractivity contribution in [3.63, 3.8) is 0 Å². The number of carbonyl (C=O) groups is 1. The molecule has 0 saturated carbocycles. The molecule has 0 bridgehead atoms. The van der Waals surface area contributed by atoms with Crippen LogP contribution in [0, 0.1) is 0 Å². The van der Waals surface area contributed by atoms with E-state index in [-0.39, 0.29) is 0 Å². The van der Waals surface area contributed by atoms with Crippen molar-refractivity contribution in [2.24, 2.45) is 0 Å². The molecule has 3 nitrogen and oxygen atoms in total. The molecule has 0 fully saturated rings. The van der Waals surface area contributed by atoms with Crippen molar-refractivity contribution in [2.75, 3.05) is 0 Å². The van der Waals surface area contributed by atoms with Gasteiger partial charge in [0, 0.05) is 0 Å². The van der Waals surface area contributed by atoms with E-state index in [2.05, 4.69) is 4.74 Å². The molecule has 0 aliphatic rings. The Labute approximate surface area is 81.2 Å². The molecule has 1 rings (SSSR count). The number of rotatable bonds is 2. The van der Waals surface area contributed by atoms with Gasteiger partial charge in [0.2, 0.25) is 0 Å². The molecule has 0 saturated heterocycles. The van der Waals surface area contributed by atoms with Gasteiger partial charge < -0.3 is 9.47 Å². The largest absolute Gasteiger partial charge is 0.515 e. The molecule has 0 aliphatic heterocycles. The van der Waals surface area contributed by atoms with Crippen LogP contribution in [0.3, 0.4) is 0 Å². The highest BCUT2D eigenvalue weighted by atomic mass is 35.5. The second kappa shape index (κ2) is 4.72. The van der Waals surface area contributed by atoms with Crippen molar-refractivity contribution in [1.82, 2.24) is 0 Å². The number of carbonyl (C=O) groups excluding carboxylic acids is 1. The van der Waals surface area contributed by atoms with E-state index >= 15 is 0 Å². The van der Waals surface area contributed by atoms with Crippen molar-refractivity contribution in [3.05, 3.63) is 30.3 Å². The van der Waals surface area contributed by atoms with Gasteiger partial charge in [-0.15, -0.1) is 0 Å². The lowest BCUT2D eigenvalue weighted by Gasteiger charge is -2.06. The fraction of sp³-hybridized carbons (Fsp3) is 0.222. The normalized spacial score (nSPS) is 11.8. The van der Waals surface area contributed by atoms with Crippen LogP contribution in [0.1, 0.15) is 6.92 Å². The summed E-state index contributed by atoms with van der Waals surface area (Å²) in [4.78, 5) is 10.9. The summed E-state index contributed by atoms with van der Waals surface area (Å²) in [5, 5.41) is 0. The van der Waals surface area contributed by atoms with E-state index in [1.807, 2.05) is 6.07 Å². The van der Waals surface area contributed by atoms with E-state index in [4.69, 9.17) is 16.3 Å². The summed E-state index contributed by atoms with van der Waals surface area (Å²) < 4.78 is 9.34. The Kier molecular flexibility index (Phi) is 3.58. The minimum atomic E-state index is -0.797. The molecule has 0 aromatic heterocycles. The molecule has 0 radical (unpaired) electrons. The van der Waals surface area contributed by atoms with E-state index in [9.17, 15) is 4.79 Å². The Morgan fingerprint density at radius 1 is 1.38 bits per heavy atom. The minimum absolute atomic E-state index is 0.435. The smallest absolute Gasteiger partial charge is 0.415 e. The van der Waals surface area contributed by atoms with Crippen molar-refractivity contribution in [2.45, 2.75) is 12.5 Å². The first kappa shape index (κ1) is 9.86. The van der Waals surface area contributed by atoms with Gasteiger partial charge in [-0.1, -0.05) is 29.8 Å². The summed E-state index contributed by atoms with van der Waals surface area (Å²) in [5.74, 6) is 0.435. The summed E-state index contributed by atoms with van der Waals surface area (Å²) in [5.41, 5.74) is -0.684. The Balaban J connectivity index is 2.46. The van der Waals surface area contributed by atoms with Gasteiger partial charge in [0.05, 0.1) is 0 Å². The molecule has 13 heavy (non-hydrogen) atoms. The average molecular weight is 201 g/mol. The van der Waals surface area contributed by atoms with Crippen molar-refractivity contribution < 1.29 is 14.3 Å². The van der Waals surface area contributed by atoms with E-state index in [1.54, 1.807) is 24.3 Å². The second-order valence-corrected chi connectivity index (χ2v) is 2.94. The maximum absolute atomic E-state index is 10.9. The third-order valence-electron chi connectivity index (χ3n) is 1.20. The molecule has 1 atom stereocenters. The average Bonchev–Trinajstić information content (AvgIpc) is 2.04. The number of halogens is 1. The summed E-state index contributed by atoms with van der Waals surface area (Å²) in [6.45, 7) is 1.54. The molecular formula is C9H9ClO3. The highest BCUT2D eigenvalue weighted by Gasteiger charge is 2.08. The zero-order valence-electron chi connectivity index (χ0n) is 7.07. The van der Waals surface area contributed by atoms with Crippen LogP contribution in [0.25, 0.3) is 0 Å². The lowest BCUT2D eigenvalue weighted by Crippen LogP contribution is -2.13. The standard InChI is InChI=1S/C9H9ClO3/c1-7(10)12-9(11)13-8-5-3-2-4-6-8/h2-7H,1H3/t7-/m0/s1. The predicted octanol–water partition coefficient (Wildman–Crippen LogP) is 2.79. The number of hydrogen-bond donors (Lipinski definition) is 0. The maximum atomic E-state index is 10.9. The number of para-hydroxylation sites is 1. The fourth-order valence-electron chi connectivity index (χ4n) is 0.741. The SMILES string of the molecule is C[C@@H](Cl)OC(=O)Oc1ccccc1. The highest BCUT2D eigenvalue weighted by molar-refractivity contribution is 6.19. The van der Waals surface area contributed by atoms with Gasteiger partial charge in [-0.25, -0.2) is 4.79 Å². The van der Waals surface area contributed by atoms with Crippen molar-refractivity contribution in [1.29, 1.82) is 0 Å². The molecule has 1 aromatic carbocycles. The maximum Gasteiger partial charge on any atom is 0.515 e. The lowest BCUT2D eigenvalue weighted by molar-refractivity contribution is 0.0924. The number of ether oxygens (including phenoxy) is 2. The van der Waals surface area contributed by atoms with Gasteiger partial charge >= 0.3 is 6.16 Å². The minimum Gasteiger partial charge on any atom is -0.415 e. The topological polar surface area (TPSA) is 35.5 Å². The molecule has 0 N–H and O–H groups in total. The first-order valence-electron chi connectivity index (χ1n) is 3.76. The molecular weight excluding hydrogens is 192 g/mol. The van der Waals surface area contributed by atoms with Crippen LogP contribution in [-0.4, -0.2) is 11.7 Å². The van der Waals surface area contributed by atoms with Crippen LogP contribution in [-0.2, 0) is 4.74 Å². The van der Waals surface area contributed by atoms with Crippen molar-refractivity contribution in [3.8, 4) is 5.75 Å². The molecule has 70 valence electrons. The summed E-state index contributed by atoms with van der Waals surface area (Å²) in [6.07, 6.45) is -0.797. The molecule has 0 spiro atoms. The molecule has 4 heteroatoms. The summed E-state index contributed by atoms with van der Waals surface area (Å²) in [6, 6.07) is 8.64. The Hall–Kier alpha value is -1.22. The van der Waals surface area contributed by atoms with Gasteiger partial charge in [-0.3, -0.25) is 0 Å². The first-order valence-corrected chi connectivity index (χ1v) is 4.19. The first-order chi connectivity index (χ1) is 6.18. The van der Waals surface area contributed by atoms with E-state index in [1.165, 1.54) is 6.92 Å². The third kappa shape index (κ3) is 3.80. The predicted molar refractivity (Wildman–Crippen MR) is 48.9 cm³/mol. The molecule has 0 amide bonds. The van der Waals surface area contributed by atoms with Crippen LogP contribution in [0.5, 0.6) is 5.75 Å². The van der Waals surface area contributed by atoms with Crippen LogP contribution < -0.4 is 4.74 Å². The lowest BCUT2D eigenvalue weighted by atomic mass is 10.3. The monoisotopic (exact) mass is 200 g/mol. The van der Waals surface area contributed by atoms with Crippen LogP contribution >= 0.6 is 11.6 Å². The number of alkyl halides is 1. The number of hydrogen-bond acceptors (Lipinski definition) is 3. The fourth-order valence-corrected chi connectivity index (χ4v) is 0.814.